The predicted octanol–water partition coefficient (Wildman–Crippen LogP) is 3.33. The van der Waals surface area contributed by atoms with E-state index in [4.69, 9.17) is 17.3 Å². The van der Waals surface area contributed by atoms with Crippen LogP contribution >= 0.6 is 11.6 Å². The molecule has 1 amide bonds. The zero-order valence-corrected chi connectivity index (χ0v) is 17.8. The number of benzene rings is 1. The number of nitrogens with one attached hydrogen (secondary N) is 1. The van der Waals surface area contributed by atoms with Gasteiger partial charge in [0.1, 0.15) is 5.82 Å². The van der Waals surface area contributed by atoms with E-state index in [-0.39, 0.29) is 30.0 Å². The minimum absolute atomic E-state index is 0.0533. The van der Waals surface area contributed by atoms with E-state index < -0.39 is 17.8 Å². The summed E-state index contributed by atoms with van der Waals surface area (Å²) in [6.45, 7) is 1.80. The van der Waals surface area contributed by atoms with Gasteiger partial charge in [-0.05, 0) is 48.7 Å². The number of hydrogen-bond donors (Lipinski definition) is 3. The summed E-state index contributed by atoms with van der Waals surface area (Å²) in [7, 11) is 0. The van der Waals surface area contributed by atoms with Crippen molar-refractivity contribution >= 4 is 29.1 Å². The normalized spacial score (nSPS) is 12.1. The molecule has 0 unspecified atom stereocenters. The fourth-order valence-electron chi connectivity index (χ4n) is 3.38. The Hall–Kier alpha value is -3.56. The van der Waals surface area contributed by atoms with Crippen LogP contribution in [0.1, 0.15) is 34.1 Å². The van der Waals surface area contributed by atoms with Crippen molar-refractivity contribution in [2.75, 3.05) is 12.3 Å². The molecule has 1 atom stereocenters. The number of nitrogen functional groups attached to an aromatic ring is 1. The van der Waals surface area contributed by atoms with E-state index in [0.29, 0.717) is 27.5 Å². The highest BCUT2D eigenvalue weighted by Crippen LogP contribution is 2.28. The summed E-state index contributed by atoms with van der Waals surface area (Å²) in [6, 6.07) is 9.86. The van der Waals surface area contributed by atoms with Crippen LogP contribution in [0.25, 0.3) is 16.8 Å². The van der Waals surface area contributed by atoms with Gasteiger partial charge >= 0.3 is 0 Å². The fourth-order valence-corrected chi connectivity index (χ4v) is 3.50. The Morgan fingerprint density at radius 3 is 2.88 bits per heavy atom. The van der Waals surface area contributed by atoms with E-state index in [0.717, 1.165) is 0 Å². The minimum atomic E-state index is -0.882. The Kier molecular flexibility index (Phi) is 6.02. The van der Waals surface area contributed by atoms with E-state index in [2.05, 4.69) is 20.4 Å². The third kappa shape index (κ3) is 4.39. The van der Waals surface area contributed by atoms with Crippen LogP contribution in [0.15, 0.2) is 48.8 Å². The van der Waals surface area contributed by atoms with Crippen molar-refractivity contribution in [3.63, 3.8) is 0 Å². The van der Waals surface area contributed by atoms with Crippen LogP contribution in [0.3, 0.4) is 0 Å². The van der Waals surface area contributed by atoms with Gasteiger partial charge in [-0.3, -0.25) is 9.78 Å². The molecule has 0 saturated carbocycles. The number of carbonyl (C=O) groups excluding carboxylic acids is 1. The van der Waals surface area contributed by atoms with E-state index in [1.807, 2.05) is 0 Å². The molecule has 32 heavy (non-hydrogen) atoms. The van der Waals surface area contributed by atoms with E-state index >= 15 is 4.39 Å². The van der Waals surface area contributed by atoms with Crippen LogP contribution in [0.2, 0.25) is 5.02 Å². The molecule has 10 heteroatoms. The second-order valence-corrected chi connectivity index (χ2v) is 7.71. The standard InChI is InChI=1S/C22H20ClFN6O2/c1-12-2-4-15(13-7-9-30-18(10-13)28-22(25)29-30)20(24)19(12)21(32)26-8-6-17(31)16-5-3-14(23)11-27-16/h2-5,7,9-11,17,31H,6,8H2,1H3,(H2,25,29)(H,26,32)/t17-/m1/s1. The molecule has 0 aliphatic heterocycles. The van der Waals surface area contributed by atoms with Crippen LogP contribution in [-0.2, 0) is 0 Å². The molecule has 4 aromatic rings. The maximum atomic E-state index is 15.4. The van der Waals surface area contributed by atoms with Gasteiger partial charge in [-0.15, -0.1) is 5.10 Å². The molecule has 0 radical (unpaired) electrons. The summed E-state index contributed by atoms with van der Waals surface area (Å²) in [5.74, 6) is -1.09. The highest BCUT2D eigenvalue weighted by atomic mass is 35.5. The van der Waals surface area contributed by atoms with Crippen LogP contribution in [0.5, 0.6) is 0 Å². The van der Waals surface area contributed by atoms with Crippen molar-refractivity contribution in [1.29, 1.82) is 0 Å². The number of hydrogen-bond acceptors (Lipinski definition) is 6. The molecular formula is C22H20ClFN6O2. The lowest BCUT2D eigenvalue weighted by Crippen LogP contribution is -2.27. The highest BCUT2D eigenvalue weighted by Gasteiger charge is 2.20. The molecule has 3 aromatic heterocycles. The monoisotopic (exact) mass is 454 g/mol. The average Bonchev–Trinajstić information content (AvgIpc) is 3.13. The number of pyridine rings is 2. The number of carbonyl (C=O) groups is 1. The van der Waals surface area contributed by atoms with E-state index in [9.17, 15) is 9.90 Å². The summed E-state index contributed by atoms with van der Waals surface area (Å²) in [4.78, 5) is 20.9. The molecule has 8 nitrogen and oxygen atoms in total. The van der Waals surface area contributed by atoms with Crippen LogP contribution < -0.4 is 11.1 Å². The predicted molar refractivity (Wildman–Crippen MR) is 119 cm³/mol. The Labute approximate surface area is 187 Å². The van der Waals surface area contributed by atoms with Crippen molar-refractivity contribution in [3.8, 4) is 11.1 Å². The number of nitrogens with zero attached hydrogens (tertiary/aromatic N) is 4. The summed E-state index contributed by atoms with van der Waals surface area (Å²) in [5, 5.41) is 17.4. The molecule has 0 fully saturated rings. The first-order chi connectivity index (χ1) is 15.3. The second kappa shape index (κ2) is 8.89. The molecule has 1 aromatic carbocycles. The number of aryl methyl sites for hydroxylation is 1. The smallest absolute Gasteiger partial charge is 0.254 e. The zero-order valence-electron chi connectivity index (χ0n) is 17.1. The summed E-state index contributed by atoms with van der Waals surface area (Å²) < 4.78 is 16.8. The second-order valence-electron chi connectivity index (χ2n) is 7.27. The molecular weight excluding hydrogens is 435 g/mol. The number of halogens is 2. The minimum Gasteiger partial charge on any atom is -0.387 e. The van der Waals surface area contributed by atoms with Gasteiger partial charge in [0.15, 0.2) is 5.65 Å². The van der Waals surface area contributed by atoms with Crippen molar-refractivity contribution < 1.29 is 14.3 Å². The molecule has 0 spiro atoms. The number of nitrogens with two attached hydrogens (primary N) is 1. The van der Waals surface area contributed by atoms with Crippen LogP contribution in [-0.4, -0.2) is 37.1 Å². The lowest BCUT2D eigenvalue weighted by atomic mass is 9.98. The third-order valence-electron chi connectivity index (χ3n) is 5.04. The molecule has 0 saturated heterocycles. The van der Waals surface area contributed by atoms with Gasteiger partial charge in [-0.1, -0.05) is 23.7 Å². The van der Waals surface area contributed by atoms with Crippen LogP contribution in [0.4, 0.5) is 10.3 Å². The maximum Gasteiger partial charge on any atom is 0.254 e. The lowest BCUT2D eigenvalue weighted by molar-refractivity contribution is 0.0937. The highest BCUT2D eigenvalue weighted by molar-refractivity contribution is 6.30. The molecule has 0 aliphatic carbocycles. The lowest BCUT2D eigenvalue weighted by Gasteiger charge is -2.14. The van der Waals surface area contributed by atoms with Gasteiger partial charge in [0.25, 0.3) is 5.91 Å². The molecule has 3 heterocycles. The molecule has 4 N–H and O–H groups in total. The Bertz CT molecular complexity index is 1290. The number of amides is 1. The Balaban J connectivity index is 1.51. The number of aromatic nitrogens is 4. The quantitative estimate of drug-likeness (QED) is 0.411. The van der Waals surface area contributed by atoms with Gasteiger partial charge in [0.05, 0.1) is 22.4 Å². The SMILES string of the molecule is Cc1ccc(-c2ccn3nc(N)nc3c2)c(F)c1C(=O)NCC[C@@H](O)c1ccc(Cl)cn1. The first-order valence-corrected chi connectivity index (χ1v) is 10.2. The summed E-state index contributed by atoms with van der Waals surface area (Å²) in [5.41, 5.74) is 7.76. The molecule has 0 bridgehead atoms. The maximum absolute atomic E-state index is 15.4. The summed E-state index contributed by atoms with van der Waals surface area (Å²) in [6.07, 6.45) is 2.39. The number of aliphatic hydroxyl groups excluding tert-OH is 1. The number of fused-ring (bicyclic) bond motifs is 1. The largest absolute Gasteiger partial charge is 0.387 e. The molecule has 0 aliphatic rings. The van der Waals surface area contributed by atoms with Gasteiger partial charge < -0.3 is 16.2 Å². The fraction of sp³-hybridized carbons (Fsp3) is 0.182. The van der Waals surface area contributed by atoms with Crippen LogP contribution in [0, 0.1) is 12.7 Å². The van der Waals surface area contributed by atoms with Crippen molar-refractivity contribution in [2.45, 2.75) is 19.4 Å². The van der Waals surface area contributed by atoms with Gasteiger partial charge in [0.2, 0.25) is 5.95 Å². The Morgan fingerprint density at radius 2 is 2.12 bits per heavy atom. The Morgan fingerprint density at radius 1 is 1.31 bits per heavy atom. The van der Waals surface area contributed by atoms with Gasteiger partial charge in [-0.25, -0.2) is 8.91 Å². The number of aliphatic hydroxyl groups is 1. The first-order valence-electron chi connectivity index (χ1n) is 9.82. The third-order valence-corrected chi connectivity index (χ3v) is 5.26. The van der Waals surface area contributed by atoms with Crippen molar-refractivity contribution in [3.05, 3.63) is 76.5 Å². The number of anilines is 1. The van der Waals surface area contributed by atoms with E-state index in [1.165, 1.54) is 10.7 Å². The topological polar surface area (TPSA) is 118 Å². The van der Waals surface area contributed by atoms with Crippen molar-refractivity contribution in [2.24, 2.45) is 0 Å². The zero-order chi connectivity index (χ0) is 22.8. The van der Waals surface area contributed by atoms with Crippen molar-refractivity contribution in [1.82, 2.24) is 24.9 Å². The molecule has 4 rings (SSSR count). The molecule has 164 valence electrons. The van der Waals surface area contributed by atoms with Gasteiger partial charge in [-0.2, -0.15) is 4.98 Å². The average molecular weight is 455 g/mol. The number of rotatable bonds is 6. The first kappa shape index (κ1) is 21.7. The van der Waals surface area contributed by atoms with E-state index in [1.54, 1.807) is 49.5 Å². The summed E-state index contributed by atoms with van der Waals surface area (Å²) >= 11 is 5.80. The van der Waals surface area contributed by atoms with Gasteiger partial charge in [0, 0.05) is 24.5 Å².